The van der Waals surface area contributed by atoms with E-state index in [1.807, 2.05) is 6.07 Å². The molecule has 0 spiro atoms. The third-order valence-corrected chi connectivity index (χ3v) is 16.5. The molecule has 0 unspecified atom stereocenters. The zero-order valence-corrected chi connectivity index (χ0v) is 45.6. The number of furan rings is 1. The SMILES string of the molecule is c1ccc(-c2ccc(-c3ccc(-c4nc(-c5ccc(-c6ccc(-c7ccccc7)cc6)cc5)nc(-c5ccc(-n6c7cc8ccccc8cc7c7c(-c8ccccc8)cccc76)c(-c6cccc7oc8ccccc8c67)c5)n4)cc3)cc2)cc1. The summed E-state index contributed by atoms with van der Waals surface area (Å²) in [4.78, 5) is 16.1. The minimum Gasteiger partial charge on any atom is -0.456 e. The molecule has 0 aliphatic rings. The smallest absolute Gasteiger partial charge is 0.164 e. The molecule has 0 saturated carbocycles. The van der Waals surface area contributed by atoms with Crippen LogP contribution in [0.1, 0.15) is 0 Å². The normalized spacial score (nSPS) is 11.6. The van der Waals surface area contributed by atoms with Gasteiger partial charge in [0.05, 0.1) is 16.7 Å². The van der Waals surface area contributed by atoms with E-state index in [-0.39, 0.29) is 0 Å². The molecule has 5 nitrogen and oxygen atoms in total. The molecular weight excluding hydrogens is 1020 g/mol. The van der Waals surface area contributed by atoms with E-state index < -0.39 is 0 Å². The van der Waals surface area contributed by atoms with Crippen molar-refractivity contribution in [2.24, 2.45) is 0 Å². The van der Waals surface area contributed by atoms with Gasteiger partial charge in [-0.2, -0.15) is 0 Å². The molecule has 0 radical (unpaired) electrons. The van der Waals surface area contributed by atoms with Gasteiger partial charge in [-0.05, 0) is 121 Å². The molecule has 0 aliphatic heterocycles. The summed E-state index contributed by atoms with van der Waals surface area (Å²) in [5.41, 5.74) is 21.2. The molecular formula is C79H50N4O. The van der Waals surface area contributed by atoms with Crippen LogP contribution in [-0.2, 0) is 0 Å². The Balaban J connectivity index is 0.885. The maximum absolute atomic E-state index is 6.62. The number of aromatic nitrogens is 4. The van der Waals surface area contributed by atoms with Gasteiger partial charge in [-0.3, -0.25) is 0 Å². The molecule has 0 fully saturated rings. The van der Waals surface area contributed by atoms with Gasteiger partial charge >= 0.3 is 0 Å². The molecule has 0 bridgehead atoms. The van der Waals surface area contributed by atoms with Crippen LogP contribution in [0, 0.1) is 0 Å². The number of benzene rings is 13. The van der Waals surface area contributed by atoms with E-state index in [4.69, 9.17) is 19.4 Å². The molecule has 16 aromatic rings. The van der Waals surface area contributed by atoms with Gasteiger partial charge in [0.25, 0.3) is 0 Å². The fourth-order valence-electron chi connectivity index (χ4n) is 12.3. The van der Waals surface area contributed by atoms with Crippen LogP contribution in [0.4, 0.5) is 0 Å². The summed E-state index contributed by atoms with van der Waals surface area (Å²) in [6.45, 7) is 0. The summed E-state index contributed by atoms with van der Waals surface area (Å²) < 4.78 is 9.08. The Hall–Kier alpha value is -11.3. The topological polar surface area (TPSA) is 56.7 Å². The fourth-order valence-corrected chi connectivity index (χ4v) is 12.3. The average molecular weight is 1070 g/mol. The first-order valence-corrected chi connectivity index (χ1v) is 28.5. The highest BCUT2D eigenvalue weighted by molar-refractivity contribution is 6.20. The number of fused-ring (bicyclic) bond motifs is 7. The lowest BCUT2D eigenvalue weighted by atomic mass is 9.95. The van der Waals surface area contributed by atoms with E-state index in [2.05, 4.69) is 302 Å². The second kappa shape index (κ2) is 20.4. The lowest BCUT2D eigenvalue weighted by Crippen LogP contribution is -2.02. The average Bonchev–Trinajstić information content (AvgIpc) is 2.07. The highest BCUT2D eigenvalue weighted by Gasteiger charge is 2.23. The van der Waals surface area contributed by atoms with Gasteiger partial charge < -0.3 is 8.98 Å². The van der Waals surface area contributed by atoms with Crippen molar-refractivity contribution in [2.75, 3.05) is 0 Å². The van der Waals surface area contributed by atoms with Crippen molar-refractivity contribution in [3.8, 4) is 107 Å². The van der Waals surface area contributed by atoms with Crippen molar-refractivity contribution in [1.82, 2.24) is 19.5 Å². The minimum absolute atomic E-state index is 0.563. The predicted molar refractivity (Wildman–Crippen MR) is 348 cm³/mol. The van der Waals surface area contributed by atoms with Crippen molar-refractivity contribution in [1.29, 1.82) is 0 Å². The molecule has 0 saturated heterocycles. The van der Waals surface area contributed by atoms with Crippen molar-refractivity contribution >= 4 is 54.5 Å². The summed E-state index contributed by atoms with van der Waals surface area (Å²) in [6, 6.07) is 108. The Kier molecular flexibility index (Phi) is 11.8. The summed E-state index contributed by atoms with van der Waals surface area (Å²) in [6.07, 6.45) is 0. The predicted octanol–water partition coefficient (Wildman–Crippen LogP) is 21.0. The molecule has 5 heteroatoms. The van der Waals surface area contributed by atoms with Crippen LogP contribution in [0.15, 0.2) is 308 Å². The van der Waals surface area contributed by atoms with Crippen LogP contribution >= 0.6 is 0 Å². The molecule has 392 valence electrons. The van der Waals surface area contributed by atoms with Gasteiger partial charge in [0.2, 0.25) is 0 Å². The van der Waals surface area contributed by atoms with E-state index in [1.54, 1.807) is 0 Å². The van der Waals surface area contributed by atoms with Crippen molar-refractivity contribution in [2.45, 2.75) is 0 Å². The second-order valence-corrected chi connectivity index (χ2v) is 21.5. The zero-order chi connectivity index (χ0) is 55.5. The first kappa shape index (κ1) is 48.6. The number of hydrogen-bond acceptors (Lipinski definition) is 4. The van der Waals surface area contributed by atoms with Crippen LogP contribution in [0.25, 0.3) is 161 Å². The Bertz CT molecular complexity index is 4980. The van der Waals surface area contributed by atoms with Crippen molar-refractivity contribution in [3.05, 3.63) is 303 Å². The zero-order valence-electron chi connectivity index (χ0n) is 45.6. The van der Waals surface area contributed by atoms with Crippen LogP contribution < -0.4 is 0 Å². The van der Waals surface area contributed by atoms with E-state index in [0.29, 0.717) is 17.5 Å². The standard InChI is InChI=1S/C79H50N4O/c1-4-16-51(17-5-1)53-30-34-55(35-31-53)57-38-42-60(43-39-57)77-80-78(61-44-40-58(41-45-61)56-36-32-54(33-37-56)52-18-6-2-7-19-52)82-79(81-77)64-46-47-70(68(49-64)66-26-15-29-74-76(66)67-24-12-13-28-73(67)84-74)83-71-27-14-25-65(59-20-8-3-9-21-59)75(71)69-48-62-22-10-11-23-63(62)50-72(69)83/h1-50H. The Morgan fingerprint density at radius 1 is 0.238 bits per heavy atom. The third kappa shape index (κ3) is 8.62. The van der Waals surface area contributed by atoms with Gasteiger partial charge in [0, 0.05) is 43.8 Å². The van der Waals surface area contributed by atoms with Crippen LogP contribution in [-0.4, -0.2) is 19.5 Å². The monoisotopic (exact) mass is 1070 g/mol. The molecule has 0 N–H and O–H groups in total. The Morgan fingerprint density at radius 2 is 0.655 bits per heavy atom. The summed E-state index contributed by atoms with van der Waals surface area (Å²) in [7, 11) is 0. The van der Waals surface area contributed by atoms with Gasteiger partial charge in [-0.15, -0.1) is 0 Å². The quantitative estimate of drug-likeness (QED) is 0.137. The molecule has 0 atom stereocenters. The van der Waals surface area contributed by atoms with Crippen LogP contribution in [0.2, 0.25) is 0 Å². The third-order valence-electron chi connectivity index (χ3n) is 16.5. The van der Waals surface area contributed by atoms with Crippen LogP contribution in [0.3, 0.4) is 0 Å². The van der Waals surface area contributed by atoms with E-state index in [0.717, 1.165) is 88.7 Å². The van der Waals surface area contributed by atoms with E-state index in [1.165, 1.54) is 54.9 Å². The van der Waals surface area contributed by atoms with Gasteiger partial charge in [-0.25, -0.2) is 15.0 Å². The second-order valence-electron chi connectivity index (χ2n) is 21.5. The molecule has 84 heavy (non-hydrogen) atoms. The van der Waals surface area contributed by atoms with Gasteiger partial charge in [0.15, 0.2) is 17.5 Å². The summed E-state index contributed by atoms with van der Waals surface area (Å²) in [5.74, 6) is 1.73. The van der Waals surface area contributed by atoms with E-state index in [9.17, 15) is 0 Å². The number of rotatable bonds is 10. The Labute approximate surface area is 485 Å². The molecule has 16 rings (SSSR count). The first-order chi connectivity index (χ1) is 41.6. The maximum Gasteiger partial charge on any atom is 0.164 e. The molecule has 0 amide bonds. The first-order valence-electron chi connectivity index (χ1n) is 28.5. The largest absolute Gasteiger partial charge is 0.456 e. The van der Waals surface area contributed by atoms with Gasteiger partial charge in [-0.1, -0.05) is 255 Å². The summed E-state index contributed by atoms with van der Waals surface area (Å²) >= 11 is 0. The van der Waals surface area contributed by atoms with Crippen LogP contribution in [0.5, 0.6) is 0 Å². The van der Waals surface area contributed by atoms with Crippen molar-refractivity contribution in [3.63, 3.8) is 0 Å². The molecule has 0 aliphatic carbocycles. The molecule has 13 aromatic carbocycles. The number of para-hydroxylation sites is 1. The molecule has 3 aromatic heterocycles. The Morgan fingerprint density at radius 3 is 1.21 bits per heavy atom. The number of hydrogen-bond donors (Lipinski definition) is 0. The number of nitrogens with zero attached hydrogens (tertiary/aromatic N) is 4. The lowest BCUT2D eigenvalue weighted by molar-refractivity contribution is 0.669. The van der Waals surface area contributed by atoms with Crippen molar-refractivity contribution < 1.29 is 4.42 Å². The minimum atomic E-state index is 0.563. The maximum atomic E-state index is 6.62. The lowest BCUT2D eigenvalue weighted by Gasteiger charge is -2.17. The fraction of sp³-hybridized carbons (Fsp3) is 0. The highest BCUT2D eigenvalue weighted by atomic mass is 16.3. The van der Waals surface area contributed by atoms with E-state index >= 15 is 0 Å². The summed E-state index contributed by atoms with van der Waals surface area (Å²) in [5, 5.41) is 6.84. The highest BCUT2D eigenvalue weighted by Crippen LogP contribution is 2.46. The van der Waals surface area contributed by atoms with Gasteiger partial charge in [0.1, 0.15) is 11.2 Å². The molecule has 3 heterocycles.